The molecule has 2 N–H and O–H groups in total. The van der Waals surface area contributed by atoms with Crippen molar-refractivity contribution in [3.8, 4) is 5.75 Å². The number of benzene rings is 1. The van der Waals surface area contributed by atoms with E-state index in [9.17, 15) is 4.79 Å². The predicted molar refractivity (Wildman–Crippen MR) is 91.2 cm³/mol. The van der Waals surface area contributed by atoms with Crippen molar-refractivity contribution in [3.05, 3.63) is 29.3 Å². The van der Waals surface area contributed by atoms with Crippen LogP contribution in [0.15, 0.2) is 18.2 Å². The molecule has 1 rings (SSSR count). The fourth-order valence-corrected chi connectivity index (χ4v) is 2.78. The number of hydrogen-bond donors (Lipinski definition) is 2. The molecule has 22 heavy (non-hydrogen) atoms. The Morgan fingerprint density at radius 2 is 1.77 bits per heavy atom. The first-order valence-electron chi connectivity index (χ1n) is 7.75. The van der Waals surface area contributed by atoms with Gasteiger partial charge in [0.15, 0.2) is 6.73 Å². The van der Waals surface area contributed by atoms with Crippen molar-refractivity contribution in [1.82, 2.24) is 10.6 Å². The number of hydrogen-bond acceptors (Lipinski definition) is 2. The Labute approximate surface area is 134 Å². The highest BCUT2D eigenvalue weighted by atomic mass is 16.5. The lowest BCUT2D eigenvalue weighted by Gasteiger charge is -2.33. The maximum Gasteiger partial charge on any atom is 0.317 e. The van der Waals surface area contributed by atoms with Gasteiger partial charge in [-0.1, -0.05) is 32.9 Å². The summed E-state index contributed by atoms with van der Waals surface area (Å²) in [6, 6.07) is 5.69. The van der Waals surface area contributed by atoms with Gasteiger partial charge in [0.1, 0.15) is 5.75 Å². The van der Waals surface area contributed by atoms with E-state index in [2.05, 4.69) is 31.4 Å². The summed E-state index contributed by atoms with van der Waals surface area (Å²) in [5, 5.41) is 5.74. The highest BCUT2D eigenvalue weighted by Gasteiger charge is 2.26. The van der Waals surface area contributed by atoms with E-state index in [-0.39, 0.29) is 23.7 Å². The van der Waals surface area contributed by atoms with Gasteiger partial charge < -0.3 is 15.4 Å². The SMILES string of the molecule is Cc1cccc(OCNC(=O)NC(C)(C)CC(C)(C)C)c1C. The van der Waals surface area contributed by atoms with E-state index in [4.69, 9.17) is 4.74 Å². The summed E-state index contributed by atoms with van der Waals surface area (Å²) in [6.45, 7) is 14.8. The number of aryl methyl sites for hydroxylation is 1. The van der Waals surface area contributed by atoms with E-state index in [1.807, 2.05) is 45.9 Å². The Morgan fingerprint density at radius 1 is 1.14 bits per heavy atom. The van der Waals surface area contributed by atoms with Crippen LogP contribution in [0.25, 0.3) is 0 Å². The third-order valence-electron chi connectivity index (χ3n) is 3.44. The van der Waals surface area contributed by atoms with Crippen molar-refractivity contribution >= 4 is 6.03 Å². The van der Waals surface area contributed by atoms with Crippen molar-refractivity contribution in [2.75, 3.05) is 6.73 Å². The van der Waals surface area contributed by atoms with Crippen LogP contribution in [0.4, 0.5) is 4.79 Å². The first-order valence-corrected chi connectivity index (χ1v) is 7.75. The van der Waals surface area contributed by atoms with Crippen LogP contribution in [0.3, 0.4) is 0 Å². The molecule has 124 valence electrons. The summed E-state index contributed by atoms with van der Waals surface area (Å²) in [5.74, 6) is 0.800. The topological polar surface area (TPSA) is 50.4 Å². The first-order chi connectivity index (χ1) is 10.0. The second-order valence-corrected chi connectivity index (χ2v) is 7.74. The van der Waals surface area contributed by atoms with Crippen molar-refractivity contribution in [3.63, 3.8) is 0 Å². The molecule has 0 atom stereocenters. The molecule has 0 saturated carbocycles. The third-order valence-corrected chi connectivity index (χ3v) is 3.44. The molecular formula is C18H30N2O2. The number of carbonyl (C=O) groups is 1. The van der Waals surface area contributed by atoms with Gasteiger partial charge in [-0.25, -0.2) is 4.79 Å². The summed E-state index contributed by atoms with van der Waals surface area (Å²) >= 11 is 0. The van der Waals surface area contributed by atoms with Crippen LogP contribution in [-0.4, -0.2) is 18.3 Å². The Balaban J connectivity index is 2.45. The first kappa shape index (κ1) is 18.3. The number of nitrogens with one attached hydrogen (secondary N) is 2. The minimum atomic E-state index is -0.262. The van der Waals surface area contributed by atoms with E-state index in [1.165, 1.54) is 5.56 Å². The van der Waals surface area contributed by atoms with Crippen LogP contribution in [0, 0.1) is 19.3 Å². The maximum absolute atomic E-state index is 12.0. The third kappa shape index (κ3) is 6.37. The minimum Gasteiger partial charge on any atom is -0.473 e. The second-order valence-electron chi connectivity index (χ2n) is 7.74. The van der Waals surface area contributed by atoms with Crippen LogP contribution in [0.5, 0.6) is 5.75 Å². The zero-order valence-corrected chi connectivity index (χ0v) is 15.0. The van der Waals surface area contributed by atoms with Gasteiger partial charge in [-0.3, -0.25) is 0 Å². The summed E-state index contributed by atoms with van der Waals surface area (Å²) in [7, 11) is 0. The molecule has 0 unspecified atom stereocenters. The summed E-state index contributed by atoms with van der Waals surface area (Å²) in [5.41, 5.74) is 2.17. The Hall–Kier alpha value is -1.71. The molecule has 0 spiro atoms. The molecule has 4 nitrogen and oxygen atoms in total. The summed E-state index contributed by atoms with van der Waals surface area (Å²) in [4.78, 5) is 12.0. The lowest BCUT2D eigenvalue weighted by atomic mass is 9.82. The van der Waals surface area contributed by atoms with E-state index < -0.39 is 0 Å². The quantitative estimate of drug-likeness (QED) is 0.803. The molecule has 0 fully saturated rings. The van der Waals surface area contributed by atoms with Gasteiger partial charge in [0.25, 0.3) is 0 Å². The van der Waals surface area contributed by atoms with E-state index >= 15 is 0 Å². The van der Waals surface area contributed by atoms with E-state index in [0.29, 0.717) is 0 Å². The molecule has 1 aromatic carbocycles. The lowest BCUT2D eigenvalue weighted by Crippen LogP contribution is -2.50. The summed E-state index contributed by atoms with van der Waals surface area (Å²) < 4.78 is 5.63. The molecule has 0 bridgehead atoms. The average molecular weight is 306 g/mol. The number of ether oxygens (including phenoxy) is 1. The van der Waals surface area contributed by atoms with Crippen LogP contribution in [0.2, 0.25) is 0 Å². The molecule has 0 aliphatic heterocycles. The summed E-state index contributed by atoms with van der Waals surface area (Å²) in [6.07, 6.45) is 0.894. The zero-order valence-electron chi connectivity index (χ0n) is 15.0. The van der Waals surface area contributed by atoms with Gasteiger partial charge in [-0.15, -0.1) is 0 Å². The van der Waals surface area contributed by atoms with Crippen LogP contribution >= 0.6 is 0 Å². The molecule has 0 saturated heterocycles. The molecular weight excluding hydrogens is 276 g/mol. The predicted octanol–water partition coefficient (Wildman–Crippen LogP) is 4.15. The molecule has 0 aliphatic carbocycles. The molecule has 0 heterocycles. The molecule has 0 aliphatic rings. The van der Waals surface area contributed by atoms with Crippen LogP contribution in [0.1, 0.15) is 52.2 Å². The van der Waals surface area contributed by atoms with Crippen LogP contribution < -0.4 is 15.4 Å². The Kier molecular flexibility index (Phi) is 5.86. The molecule has 0 aromatic heterocycles. The molecule has 0 radical (unpaired) electrons. The Morgan fingerprint density at radius 3 is 2.36 bits per heavy atom. The molecule has 2 amide bonds. The zero-order chi connectivity index (χ0) is 17.0. The van der Waals surface area contributed by atoms with Crippen molar-refractivity contribution < 1.29 is 9.53 Å². The number of carbonyl (C=O) groups excluding carboxylic acids is 1. The van der Waals surface area contributed by atoms with Crippen molar-refractivity contribution in [2.45, 2.75) is 60.4 Å². The molecule has 1 aromatic rings. The molecule has 4 heteroatoms. The second kappa shape index (κ2) is 7.03. The normalized spacial score (nSPS) is 12.0. The number of urea groups is 1. The fraction of sp³-hybridized carbons (Fsp3) is 0.611. The Bertz CT molecular complexity index is 516. The van der Waals surface area contributed by atoms with Crippen LogP contribution in [-0.2, 0) is 0 Å². The highest BCUT2D eigenvalue weighted by molar-refractivity contribution is 5.74. The van der Waals surface area contributed by atoms with E-state index in [0.717, 1.165) is 17.7 Å². The van der Waals surface area contributed by atoms with Crippen molar-refractivity contribution in [2.24, 2.45) is 5.41 Å². The van der Waals surface area contributed by atoms with Crippen molar-refractivity contribution in [1.29, 1.82) is 0 Å². The number of rotatable bonds is 5. The lowest BCUT2D eigenvalue weighted by molar-refractivity contribution is 0.199. The monoisotopic (exact) mass is 306 g/mol. The number of amides is 2. The van der Waals surface area contributed by atoms with Gasteiger partial charge in [0, 0.05) is 5.54 Å². The maximum atomic E-state index is 12.0. The largest absolute Gasteiger partial charge is 0.473 e. The van der Waals surface area contributed by atoms with E-state index in [1.54, 1.807) is 0 Å². The van der Waals surface area contributed by atoms with Gasteiger partial charge >= 0.3 is 6.03 Å². The van der Waals surface area contributed by atoms with Gasteiger partial charge in [-0.05, 0) is 56.7 Å². The highest BCUT2D eigenvalue weighted by Crippen LogP contribution is 2.26. The minimum absolute atomic E-state index is 0.154. The van der Waals surface area contributed by atoms with Gasteiger partial charge in [0.05, 0.1) is 0 Å². The fourth-order valence-electron chi connectivity index (χ4n) is 2.78. The average Bonchev–Trinajstić information content (AvgIpc) is 2.30. The smallest absolute Gasteiger partial charge is 0.317 e. The standard InChI is InChI=1S/C18H30N2O2/c1-13-9-8-10-15(14(13)2)22-12-19-16(21)20-18(6,7)11-17(3,4)5/h8-10H,11-12H2,1-7H3,(H2,19,20,21). The van der Waals surface area contributed by atoms with Gasteiger partial charge in [0.2, 0.25) is 0 Å². The van der Waals surface area contributed by atoms with Gasteiger partial charge in [-0.2, -0.15) is 0 Å².